The van der Waals surface area contributed by atoms with E-state index in [2.05, 4.69) is 13.0 Å². The Bertz CT molecular complexity index is 365. The molecular weight excluding hydrogens is 200 g/mol. The number of ketones is 1. The molecule has 1 unspecified atom stereocenters. The van der Waals surface area contributed by atoms with Gasteiger partial charge in [-0.25, -0.2) is 0 Å². The van der Waals surface area contributed by atoms with Gasteiger partial charge in [-0.05, 0) is 30.9 Å². The van der Waals surface area contributed by atoms with E-state index in [0.717, 1.165) is 25.0 Å². The summed E-state index contributed by atoms with van der Waals surface area (Å²) in [5.74, 6) is 0.447. The topological polar surface area (TPSA) is 26.3 Å². The lowest BCUT2D eigenvalue weighted by molar-refractivity contribution is -0.126. The molecule has 2 rings (SSSR count). The van der Waals surface area contributed by atoms with E-state index in [1.165, 1.54) is 5.56 Å². The SMILES string of the molecule is Cc1ccccc1CC(=O)C1CCCOC1. The second kappa shape index (κ2) is 5.26. The molecule has 16 heavy (non-hydrogen) atoms. The van der Waals surface area contributed by atoms with E-state index >= 15 is 0 Å². The summed E-state index contributed by atoms with van der Waals surface area (Å²) in [6, 6.07) is 8.09. The summed E-state index contributed by atoms with van der Waals surface area (Å²) in [4.78, 5) is 12.0. The van der Waals surface area contributed by atoms with E-state index in [1.807, 2.05) is 18.2 Å². The van der Waals surface area contributed by atoms with Gasteiger partial charge in [0.2, 0.25) is 0 Å². The quantitative estimate of drug-likeness (QED) is 0.779. The molecule has 1 aromatic carbocycles. The van der Waals surface area contributed by atoms with Gasteiger partial charge in [0.15, 0.2) is 0 Å². The zero-order valence-electron chi connectivity index (χ0n) is 9.74. The lowest BCUT2D eigenvalue weighted by atomic mass is 9.92. The third-order valence-electron chi connectivity index (χ3n) is 3.24. The Morgan fingerprint density at radius 2 is 2.25 bits per heavy atom. The average Bonchev–Trinajstić information content (AvgIpc) is 2.33. The monoisotopic (exact) mass is 218 g/mol. The van der Waals surface area contributed by atoms with Crippen LogP contribution in [-0.4, -0.2) is 19.0 Å². The molecule has 0 saturated carbocycles. The molecule has 1 atom stereocenters. The molecule has 1 aromatic rings. The summed E-state index contributed by atoms with van der Waals surface area (Å²) in [6.07, 6.45) is 2.57. The first-order valence-electron chi connectivity index (χ1n) is 5.92. The van der Waals surface area contributed by atoms with Gasteiger partial charge in [0.1, 0.15) is 5.78 Å². The normalized spacial score (nSPS) is 20.7. The van der Waals surface area contributed by atoms with Crippen molar-refractivity contribution in [3.63, 3.8) is 0 Å². The maximum atomic E-state index is 12.0. The standard InChI is InChI=1S/C14H18O2/c1-11-5-2-3-6-12(11)9-14(15)13-7-4-8-16-10-13/h2-3,5-6,13H,4,7-10H2,1H3. The number of ether oxygens (including phenoxy) is 1. The fourth-order valence-corrected chi connectivity index (χ4v) is 2.14. The Morgan fingerprint density at radius 3 is 2.94 bits per heavy atom. The molecule has 1 heterocycles. The summed E-state index contributed by atoms with van der Waals surface area (Å²) in [7, 11) is 0. The molecule has 0 spiro atoms. The predicted molar refractivity (Wildman–Crippen MR) is 63.4 cm³/mol. The van der Waals surface area contributed by atoms with Gasteiger partial charge in [-0.2, -0.15) is 0 Å². The number of benzene rings is 1. The highest BCUT2D eigenvalue weighted by Crippen LogP contribution is 2.18. The van der Waals surface area contributed by atoms with Crippen molar-refractivity contribution < 1.29 is 9.53 Å². The van der Waals surface area contributed by atoms with Crippen molar-refractivity contribution in [3.05, 3.63) is 35.4 Å². The molecule has 0 bridgehead atoms. The Hall–Kier alpha value is -1.15. The van der Waals surface area contributed by atoms with Crippen LogP contribution >= 0.6 is 0 Å². The highest BCUT2D eigenvalue weighted by Gasteiger charge is 2.21. The number of carbonyl (C=O) groups is 1. The Kier molecular flexibility index (Phi) is 3.73. The van der Waals surface area contributed by atoms with Crippen molar-refractivity contribution in [3.8, 4) is 0 Å². The van der Waals surface area contributed by atoms with E-state index in [9.17, 15) is 4.79 Å². The molecule has 1 fully saturated rings. The average molecular weight is 218 g/mol. The molecule has 0 aliphatic carbocycles. The van der Waals surface area contributed by atoms with E-state index in [-0.39, 0.29) is 5.92 Å². The minimum Gasteiger partial charge on any atom is -0.381 e. The van der Waals surface area contributed by atoms with Crippen molar-refractivity contribution in [2.75, 3.05) is 13.2 Å². The van der Waals surface area contributed by atoms with Crippen LogP contribution < -0.4 is 0 Å². The van der Waals surface area contributed by atoms with Crippen LogP contribution in [-0.2, 0) is 16.0 Å². The summed E-state index contributed by atoms with van der Waals surface area (Å²) in [6.45, 7) is 3.48. The molecule has 86 valence electrons. The summed E-state index contributed by atoms with van der Waals surface area (Å²) in [5.41, 5.74) is 2.35. The predicted octanol–water partition coefficient (Wildman–Crippen LogP) is 2.53. The van der Waals surface area contributed by atoms with Crippen molar-refractivity contribution in [1.82, 2.24) is 0 Å². The molecule has 1 aliphatic rings. The molecule has 2 heteroatoms. The van der Waals surface area contributed by atoms with Crippen LogP contribution in [0.4, 0.5) is 0 Å². The van der Waals surface area contributed by atoms with Crippen molar-refractivity contribution in [2.24, 2.45) is 5.92 Å². The van der Waals surface area contributed by atoms with Crippen LogP contribution in [0, 0.1) is 12.8 Å². The second-order valence-corrected chi connectivity index (χ2v) is 4.48. The van der Waals surface area contributed by atoms with E-state index < -0.39 is 0 Å². The van der Waals surface area contributed by atoms with E-state index in [1.54, 1.807) is 0 Å². The first-order valence-corrected chi connectivity index (χ1v) is 5.92. The number of aryl methyl sites for hydroxylation is 1. The molecule has 1 saturated heterocycles. The summed E-state index contributed by atoms with van der Waals surface area (Å²) in [5, 5.41) is 0. The van der Waals surface area contributed by atoms with Gasteiger partial charge in [0, 0.05) is 18.9 Å². The smallest absolute Gasteiger partial charge is 0.142 e. The fraction of sp³-hybridized carbons (Fsp3) is 0.500. The lowest BCUT2D eigenvalue weighted by Gasteiger charge is -2.21. The van der Waals surface area contributed by atoms with Crippen molar-refractivity contribution >= 4 is 5.78 Å². The van der Waals surface area contributed by atoms with Crippen LogP contribution in [0.3, 0.4) is 0 Å². The highest BCUT2D eigenvalue weighted by atomic mass is 16.5. The molecule has 0 N–H and O–H groups in total. The summed E-state index contributed by atoms with van der Waals surface area (Å²) < 4.78 is 5.35. The lowest BCUT2D eigenvalue weighted by Crippen LogP contribution is -2.26. The molecular formula is C14H18O2. The number of hydrogen-bond acceptors (Lipinski definition) is 2. The largest absolute Gasteiger partial charge is 0.381 e. The maximum Gasteiger partial charge on any atom is 0.142 e. The summed E-state index contributed by atoms with van der Waals surface area (Å²) >= 11 is 0. The van der Waals surface area contributed by atoms with Crippen LogP contribution in [0.15, 0.2) is 24.3 Å². The van der Waals surface area contributed by atoms with E-state index in [0.29, 0.717) is 18.8 Å². The van der Waals surface area contributed by atoms with Crippen molar-refractivity contribution in [1.29, 1.82) is 0 Å². The minimum atomic E-state index is 0.119. The maximum absolute atomic E-state index is 12.0. The molecule has 0 amide bonds. The zero-order valence-corrected chi connectivity index (χ0v) is 9.74. The molecule has 2 nitrogen and oxygen atoms in total. The van der Waals surface area contributed by atoms with Gasteiger partial charge < -0.3 is 4.74 Å². The van der Waals surface area contributed by atoms with Gasteiger partial charge in [-0.3, -0.25) is 4.79 Å². The minimum absolute atomic E-state index is 0.119. The zero-order chi connectivity index (χ0) is 11.4. The fourth-order valence-electron chi connectivity index (χ4n) is 2.14. The number of hydrogen-bond donors (Lipinski definition) is 0. The van der Waals surface area contributed by atoms with Crippen LogP contribution in [0.2, 0.25) is 0 Å². The molecule has 1 aliphatic heterocycles. The number of Topliss-reactive ketones (excluding diaryl/α,β-unsaturated/α-hetero) is 1. The van der Waals surface area contributed by atoms with Crippen LogP contribution in [0.5, 0.6) is 0 Å². The Morgan fingerprint density at radius 1 is 1.44 bits per heavy atom. The van der Waals surface area contributed by atoms with Gasteiger partial charge >= 0.3 is 0 Å². The molecule has 0 aromatic heterocycles. The van der Waals surface area contributed by atoms with Gasteiger partial charge in [0.05, 0.1) is 6.61 Å². The van der Waals surface area contributed by atoms with Gasteiger partial charge in [-0.15, -0.1) is 0 Å². The van der Waals surface area contributed by atoms with Crippen LogP contribution in [0.1, 0.15) is 24.0 Å². The third kappa shape index (κ3) is 2.70. The third-order valence-corrected chi connectivity index (χ3v) is 3.24. The first kappa shape index (κ1) is 11.3. The number of rotatable bonds is 3. The second-order valence-electron chi connectivity index (χ2n) is 4.48. The van der Waals surface area contributed by atoms with Gasteiger partial charge in [0.25, 0.3) is 0 Å². The van der Waals surface area contributed by atoms with E-state index in [4.69, 9.17) is 4.74 Å². The van der Waals surface area contributed by atoms with Gasteiger partial charge in [-0.1, -0.05) is 24.3 Å². The molecule has 0 radical (unpaired) electrons. The first-order chi connectivity index (χ1) is 7.77. The Balaban J connectivity index is 1.99. The van der Waals surface area contributed by atoms with Crippen molar-refractivity contribution in [2.45, 2.75) is 26.2 Å². The van der Waals surface area contributed by atoms with Crippen LogP contribution in [0.25, 0.3) is 0 Å². The highest BCUT2D eigenvalue weighted by molar-refractivity contribution is 5.83. The number of carbonyl (C=O) groups excluding carboxylic acids is 1. The Labute approximate surface area is 96.6 Å².